The highest BCUT2D eigenvalue weighted by molar-refractivity contribution is 7.26. The van der Waals surface area contributed by atoms with E-state index in [1.165, 1.54) is 47.6 Å². The van der Waals surface area contributed by atoms with Crippen molar-refractivity contribution in [1.82, 2.24) is 0 Å². The summed E-state index contributed by atoms with van der Waals surface area (Å²) in [5.41, 5.74) is 6.61. The van der Waals surface area contributed by atoms with Gasteiger partial charge < -0.3 is 4.42 Å². The predicted molar refractivity (Wildman–Crippen MR) is 175 cm³/mol. The number of rotatable bonds is 4. The van der Waals surface area contributed by atoms with Crippen molar-refractivity contribution in [3.05, 3.63) is 144 Å². The lowest BCUT2D eigenvalue weighted by Crippen LogP contribution is -1.76. The van der Waals surface area contributed by atoms with Gasteiger partial charge in [0.05, 0.1) is 0 Å². The van der Waals surface area contributed by atoms with E-state index < -0.39 is 0 Å². The maximum atomic E-state index is 6.54. The Morgan fingerprint density at radius 1 is 0.425 bits per heavy atom. The molecule has 0 aliphatic heterocycles. The van der Waals surface area contributed by atoms with E-state index in [-0.39, 0.29) is 0 Å². The fourth-order valence-electron chi connectivity index (χ4n) is 5.63. The zero-order valence-corrected chi connectivity index (χ0v) is 22.5. The highest BCUT2D eigenvalue weighted by Gasteiger charge is 2.14. The lowest BCUT2D eigenvalue weighted by atomic mass is 10.0. The summed E-state index contributed by atoms with van der Waals surface area (Å²) in [5.74, 6) is 0. The summed E-state index contributed by atoms with van der Waals surface area (Å²) >= 11 is 1.86. The van der Waals surface area contributed by atoms with Crippen LogP contribution in [0.3, 0.4) is 0 Å². The van der Waals surface area contributed by atoms with Gasteiger partial charge in [-0.15, -0.1) is 11.3 Å². The van der Waals surface area contributed by atoms with Crippen LogP contribution in [0.25, 0.3) is 77.2 Å². The lowest BCUT2D eigenvalue weighted by Gasteiger charge is -2.01. The Bertz CT molecular complexity index is 2080. The molecule has 2 aromatic heterocycles. The van der Waals surface area contributed by atoms with Gasteiger partial charge in [-0.3, -0.25) is 0 Å². The summed E-state index contributed by atoms with van der Waals surface area (Å²) in [6.45, 7) is 0. The molecule has 0 N–H and O–H groups in total. The van der Waals surface area contributed by atoms with E-state index in [1.807, 2.05) is 23.5 Å². The molecule has 188 valence electrons. The molecule has 0 saturated carbocycles. The summed E-state index contributed by atoms with van der Waals surface area (Å²) < 4.78 is 9.15. The van der Waals surface area contributed by atoms with Crippen LogP contribution in [0.4, 0.5) is 0 Å². The van der Waals surface area contributed by atoms with Crippen molar-refractivity contribution < 1.29 is 4.42 Å². The first kappa shape index (κ1) is 23.0. The normalized spacial score (nSPS) is 12.3. The van der Waals surface area contributed by atoms with E-state index in [2.05, 4.69) is 133 Å². The van der Waals surface area contributed by atoms with Gasteiger partial charge in [0, 0.05) is 41.7 Å². The molecule has 0 aliphatic rings. The van der Waals surface area contributed by atoms with Gasteiger partial charge in [-0.1, -0.05) is 115 Å². The van der Waals surface area contributed by atoms with Crippen LogP contribution in [0.15, 0.2) is 126 Å². The van der Waals surface area contributed by atoms with Crippen molar-refractivity contribution in [3.8, 4) is 0 Å². The third kappa shape index (κ3) is 3.93. The molecule has 40 heavy (non-hydrogen) atoms. The van der Waals surface area contributed by atoms with Crippen LogP contribution >= 0.6 is 11.3 Å². The Balaban J connectivity index is 1.22. The Morgan fingerprint density at radius 2 is 0.925 bits per heavy atom. The molecule has 2 heterocycles. The molecule has 8 rings (SSSR count). The molecule has 0 radical (unpaired) electrons. The van der Waals surface area contributed by atoms with Crippen molar-refractivity contribution in [3.63, 3.8) is 0 Å². The second kappa shape index (κ2) is 9.37. The van der Waals surface area contributed by atoms with Gasteiger partial charge in [0.1, 0.15) is 11.2 Å². The zero-order chi connectivity index (χ0) is 26.5. The van der Waals surface area contributed by atoms with Crippen molar-refractivity contribution in [2.24, 2.45) is 0 Å². The molecule has 6 aromatic carbocycles. The van der Waals surface area contributed by atoms with E-state index in [4.69, 9.17) is 4.42 Å². The van der Waals surface area contributed by atoms with E-state index in [0.29, 0.717) is 0 Å². The molecule has 0 saturated heterocycles. The fraction of sp³-hybridized carbons (Fsp3) is 0. The minimum Gasteiger partial charge on any atom is -0.455 e. The highest BCUT2D eigenvalue weighted by atomic mass is 32.1. The van der Waals surface area contributed by atoms with E-state index in [9.17, 15) is 0 Å². The maximum Gasteiger partial charge on any atom is 0.143 e. The van der Waals surface area contributed by atoms with Crippen molar-refractivity contribution in [2.45, 2.75) is 0 Å². The second-order valence-corrected chi connectivity index (χ2v) is 11.2. The largest absolute Gasteiger partial charge is 0.455 e. The summed E-state index contributed by atoms with van der Waals surface area (Å²) in [6.07, 6.45) is 8.65. The first-order valence-corrected chi connectivity index (χ1v) is 14.3. The van der Waals surface area contributed by atoms with Gasteiger partial charge in [-0.25, -0.2) is 0 Å². The third-order valence-electron chi connectivity index (χ3n) is 7.65. The Labute approximate surface area is 235 Å². The molecule has 8 aromatic rings. The summed E-state index contributed by atoms with van der Waals surface area (Å²) in [4.78, 5) is 0. The van der Waals surface area contributed by atoms with Crippen molar-refractivity contribution >= 4 is 88.5 Å². The van der Waals surface area contributed by atoms with Crippen LogP contribution in [-0.4, -0.2) is 0 Å². The Kier molecular flexibility index (Phi) is 5.39. The van der Waals surface area contributed by atoms with Crippen LogP contribution in [0.1, 0.15) is 22.3 Å². The standard InChI is InChI=1S/C38H24OS/c1-3-7-25(8-4-1)11-13-27-15-17-29-31-19-22-34-32(37(31)39-35(29)23-27)20-21-33-30-18-16-28(24-36(30)40-38(33)34)14-12-26-9-5-2-6-10-26/h1-24H/b13-11+,14-12+. The lowest BCUT2D eigenvalue weighted by molar-refractivity contribution is 0.672. The average Bonchev–Trinajstić information content (AvgIpc) is 3.58. The highest BCUT2D eigenvalue weighted by Crippen LogP contribution is 2.42. The van der Waals surface area contributed by atoms with Gasteiger partial charge >= 0.3 is 0 Å². The SMILES string of the molecule is C(=C\c1ccc2c(c1)oc1c2ccc2c1ccc1c3ccc(/C=C/c4ccccc4)cc3sc12)/c1ccccc1. The molecule has 0 fully saturated rings. The van der Waals surface area contributed by atoms with E-state index >= 15 is 0 Å². The van der Waals surface area contributed by atoms with E-state index in [0.717, 1.165) is 27.5 Å². The molecular weight excluding hydrogens is 504 g/mol. The third-order valence-corrected chi connectivity index (χ3v) is 8.85. The van der Waals surface area contributed by atoms with Gasteiger partial charge in [0.2, 0.25) is 0 Å². The van der Waals surface area contributed by atoms with Crippen molar-refractivity contribution in [1.29, 1.82) is 0 Å². The van der Waals surface area contributed by atoms with Crippen LogP contribution in [0.5, 0.6) is 0 Å². The number of hydrogen-bond donors (Lipinski definition) is 0. The molecule has 0 aliphatic carbocycles. The van der Waals surface area contributed by atoms with Crippen molar-refractivity contribution in [2.75, 3.05) is 0 Å². The molecule has 0 atom stereocenters. The van der Waals surface area contributed by atoms with Gasteiger partial charge in [-0.2, -0.15) is 0 Å². The zero-order valence-electron chi connectivity index (χ0n) is 21.7. The molecular formula is C38H24OS. The van der Waals surface area contributed by atoms with Gasteiger partial charge in [-0.05, 0) is 52.6 Å². The first-order chi connectivity index (χ1) is 19.8. The van der Waals surface area contributed by atoms with Gasteiger partial charge in [0.25, 0.3) is 0 Å². The number of furan rings is 1. The Morgan fingerprint density at radius 3 is 1.60 bits per heavy atom. The quantitative estimate of drug-likeness (QED) is 0.207. The van der Waals surface area contributed by atoms with Crippen LogP contribution in [0, 0.1) is 0 Å². The van der Waals surface area contributed by atoms with E-state index in [1.54, 1.807) is 0 Å². The van der Waals surface area contributed by atoms with Crippen LogP contribution in [0.2, 0.25) is 0 Å². The Hall–Kier alpha value is -4.92. The first-order valence-electron chi connectivity index (χ1n) is 13.5. The summed E-state index contributed by atoms with van der Waals surface area (Å²) in [7, 11) is 0. The number of hydrogen-bond acceptors (Lipinski definition) is 2. The second-order valence-electron chi connectivity index (χ2n) is 10.2. The van der Waals surface area contributed by atoms with Crippen LogP contribution in [-0.2, 0) is 0 Å². The molecule has 1 nitrogen and oxygen atoms in total. The smallest absolute Gasteiger partial charge is 0.143 e. The number of thiophene rings is 1. The summed E-state index contributed by atoms with van der Waals surface area (Å²) in [5, 5.41) is 7.33. The van der Waals surface area contributed by atoms with Gasteiger partial charge in [0.15, 0.2) is 0 Å². The molecule has 0 unspecified atom stereocenters. The summed E-state index contributed by atoms with van der Waals surface area (Å²) in [6, 6.07) is 43.1. The maximum absolute atomic E-state index is 6.54. The fourth-order valence-corrected chi connectivity index (χ4v) is 6.91. The minimum absolute atomic E-state index is 0.920. The molecule has 0 bridgehead atoms. The minimum atomic E-state index is 0.920. The average molecular weight is 529 g/mol. The monoisotopic (exact) mass is 528 g/mol. The number of fused-ring (bicyclic) bond motifs is 9. The number of benzene rings is 6. The molecule has 2 heteroatoms. The topological polar surface area (TPSA) is 13.1 Å². The molecule has 0 amide bonds. The predicted octanol–water partition coefficient (Wildman–Crippen LogP) is 11.4. The van der Waals surface area contributed by atoms with Crippen LogP contribution < -0.4 is 0 Å². The molecule has 0 spiro atoms.